The largest absolute Gasteiger partial charge is 0.480 e. The van der Waals surface area contributed by atoms with Gasteiger partial charge >= 0.3 is 12.1 Å². The monoisotopic (exact) mass is 271 g/mol. The van der Waals surface area contributed by atoms with Gasteiger partial charge in [-0.25, -0.2) is 4.79 Å². The molecule has 0 aromatic heterocycles. The molecule has 0 unspecified atom stereocenters. The van der Waals surface area contributed by atoms with E-state index in [0.717, 1.165) is 0 Å². The average Bonchev–Trinajstić information content (AvgIpc) is 2.91. The summed E-state index contributed by atoms with van der Waals surface area (Å²) in [6.07, 6.45) is 2.12. The predicted molar refractivity (Wildman–Crippen MR) is 61.5 cm³/mol. The Labute approximate surface area is 110 Å². The summed E-state index contributed by atoms with van der Waals surface area (Å²) >= 11 is 0. The lowest BCUT2D eigenvalue weighted by atomic mass is 9.81. The standard InChI is InChI=1S/C12H17NO6/c14-9(15)7-13-8-11(19-10(13)16)1-3-12(4-2-11)17-5-6-18-12/h1-8H2,(H,14,15). The molecule has 0 radical (unpaired) electrons. The summed E-state index contributed by atoms with van der Waals surface area (Å²) in [7, 11) is 0. The Morgan fingerprint density at radius 1 is 1.21 bits per heavy atom. The molecular formula is C12H17NO6. The van der Waals surface area contributed by atoms with E-state index in [1.165, 1.54) is 4.90 Å². The summed E-state index contributed by atoms with van der Waals surface area (Å²) in [5, 5.41) is 8.76. The summed E-state index contributed by atoms with van der Waals surface area (Å²) in [6, 6.07) is 0. The summed E-state index contributed by atoms with van der Waals surface area (Å²) in [5.41, 5.74) is -0.562. The van der Waals surface area contributed by atoms with E-state index in [2.05, 4.69) is 0 Å². The van der Waals surface area contributed by atoms with Gasteiger partial charge in [-0.3, -0.25) is 9.69 Å². The number of carboxylic acids is 1. The zero-order valence-electron chi connectivity index (χ0n) is 10.6. The summed E-state index contributed by atoms with van der Waals surface area (Å²) in [4.78, 5) is 23.6. The molecule has 0 bridgehead atoms. The second kappa shape index (κ2) is 4.35. The highest BCUT2D eigenvalue weighted by Gasteiger charge is 2.52. The fourth-order valence-corrected chi connectivity index (χ4v) is 3.11. The van der Waals surface area contributed by atoms with Gasteiger partial charge in [-0.15, -0.1) is 0 Å². The van der Waals surface area contributed by atoms with Crippen LogP contribution in [0.1, 0.15) is 25.7 Å². The van der Waals surface area contributed by atoms with Gasteiger partial charge in [0.25, 0.3) is 0 Å². The second-order valence-electron chi connectivity index (χ2n) is 5.41. The minimum absolute atomic E-state index is 0.307. The molecule has 1 saturated carbocycles. The van der Waals surface area contributed by atoms with Crippen LogP contribution in [-0.4, -0.2) is 59.8 Å². The van der Waals surface area contributed by atoms with Gasteiger partial charge in [-0.2, -0.15) is 0 Å². The molecule has 2 spiro atoms. The highest BCUT2D eigenvalue weighted by atomic mass is 16.7. The average molecular weight is 271 g/mol. The molecule has 3 fully saturated rings. The fourth-order valence-electron chi connectivity index (χ4n) is 3.11. The Bertz CT molecular complexity index is 393. The number of hydrogen-bond acceptors (Lipinski definition) is 5. The SMILES string of the molecule is O=C(O)CN1CC2(CCC3(CC2)OCCO3)OC1=O. The lowest BCUT2D eigenvalue weighted by Crippen LogP contribution is -2.46. The van der Waals surface area contributed by atoms with Gasteiger partial charge in [-0.05, 0) is 12.8 Å². The molecule has 2 saturated heterocycles. The van der Waals surface area contributed by atoms with Crippen LogP contribution in [0.4, 0.5) is 4.79 Å². The van der Waals surface area contributed by atoms with Crippen LogP contribution in [0.25, 0.3) is 0 Å². The van der Waals surface area contributed by atoms with Gasteiger partial charge < -0.3 is 19.3 Å². The van der Waals surface area contributed by atoms with Gasteiger partial charge in [0.1, 0.15) is 12.1 Å². The Hall–Kier alpha value is -1.34. The van der Waals surface area contributed by atoms with Crippen molar-refractivity contribution in [3.05, 3.63) is 0 Å². The number of rotatable bonds is 2. The molecule has 2 aliphatic heterocycles. The Morgan fingerprint density at radius 2 is 1.84 bits per heavy atom. The van der Waals surface area contributed by atoms with Crippen molar-refractivity contribution in [2.24, 2.45) is 0 Å². The van der Waals surface area contributed by atoms with Crippen LogP contribution in [0.5, 0.6) is 0 Å². The third kappa shape index (κ3) is 2.28. The van der Waals surface area contributed by atoms with Crippen molar-refractivity contribution in [2.45, 2.75) is 37.1 Å². The van der Waals surface area contributed by atoms with E-state index in [4.69, 9.17) is 19.3 Å². The first-order chi connectivity index (χ1) is 9.03. The molecule has 0 atom stereocenters. The molecule has 1 amide bonds. The van der Waals surface area contributed by atoms with Gasteiger partial charge in [0.15, 0.2) is 5.79 Å². The van der Waals surface area contributed by atoms with Crippen LogP contribution in [0.3, 0.4) is 0 Å². The maximum absolute atomic E-state index is 11.7. The molecule has 2 heterocycles. The van der Waals surface area contributed by atoms with E-state index < -0.39 is 23.5 Å². The summed E-state index contributed by atoms with van der Waals surface area (Å²) in [5.74, 6) is -1.53. The molecule has 3 aliphatic rings. The first-order valence-corrected chi connectivity index (χ1v) is 6.50. The third-order valence-electron chi connectivity index (χ3n) is 4.10. The zero-order chi connectivity index (χ0) is 13.5. The van der Waals surface area contributed by atoms with Crippen molar-refractivity contribution in [1.29, 1.82) is 0 Å². The van der Waals surface area contributed by atoms with E-state index in [1.807, 2.05) is 0 Å². The smallest absolute Gasteiger partial charge is 0.411 e. The zero-order valence-corrected chi connectivity index (χ0v) is 10.6. The number of nitrogens with zero attached hydrogens (tertiary/aromatic N) is 1. The van der Waals surface area contributed by atoms with Crippen molar-refractivity contribution in [3.63, 3.8) is 0 Å². The van der Waals surface area contributed by atoms with Crippen LogP contribution >= 0.6 is 0 Å². The molecule has 7 nitrogen and oxygen atoms in total. The van der Waals surface area contributed by atoms with E-state index in [9.17, 15) is 9.59 Å². The van der Waals surface area contributed by atoms with Gasteiger partial charge in [0.2, 0.25) is 0 Å². The number of carboxylic acid groups (broad SMARTS) is 1. The van der Waals surface area contributed by atoms with Gasteiger partial charge in [0, 0.05) is 12.8 Å². The number of amides is 1. The second-order valence-corrected chi connectivity index (χ2v) is 5.41. The Balaban J connectivity index is 1.64. The fraction of sp³-hybridized carbons (Fsp3) is 0.833. The van der Waals surface area contributed by atoms with Crippen LogP contribution in [0.15, 0.2) is 0 Å². The van der Waals surface area contributed by atoms with Crippen molar-refractivity contribution in [1.82, 2.24) is 4.90 Å². The molecule has 7 heteroatoms. The molecular weight excluding hydrogens is 254 g/mol. The van der Waals surface area contributed by atoms with Crippen LogP contribution in [0.2, 0.25) is 0 Å². The van der Waals surface area contributed by atoms with Gasteiger partial charge in [0.05, 0.1) is 19.8 Å². The number of ether oxygens (including phenoxy) is 3. The maximum atomic E-state index is 11.7. The Morgan fingerprint density at radius 3 is 2.42 bits per heavy atom. The molecule has 106 valence electrons. The minimum Gasteiger partial charge on any atom is -0.480 e. The maximum Gasteiger partial charge on any atom is 0.411 e. The first kappa shape index (κ1) is 12.7. The normalized spacial score (nSPS) is 28.0. The van der Waals surface area contributed by atoms with Gasteiger partial charge in [-0.1, -0.05) is 0 Å². The van der Waals surface area contributed by atoms with E-state index in [-0.39, 0.29) is 6.54 Å². The lowest BCUT2D eigenvalue weighted by molar-refractivity contribution is -0.197. The molecule has 0 aromatic carbocycles. The predicted octanol–water partition coefficient (Wildman–Crippen LogP) is 0.579. The summed E-state index contributed by atoms with van der Waals surface area (Å²) in [6.45, 7) is 1.25. The van der Waals surface area contributed by atoms with Crippen molar-refractivity contribution >= 4 is 12.1 Å². The van der Waals surface area contributed by atoms with E-state index in [0.29, 0.717) is 45.4 Å². The number of carbonyl (C=O) groups excluding carboxylic acids is 1. The number of carbonyl (C=O) groups is 2. The molecule has 3 rings (SSSR count). The third-order valence-corrected chi connectivity index (χ3v) is 4.10. The van der Waals surface area contributed by atoms with Crippen molar-refractivity contribution in [2.75, 3.05) is 26.3 Å². The first-order valence-electron chi connectivity index (χ1n) is 6.50. The lowest BCUT2D eigenvalue weighted by Gasteiger charge is -2.39. The summed E-state index contributed by atoms with van der Waals surface area (Å²) < 4.78 is 16.7. The molecule has 19 heavy (non-hydrogen) atoms. The number of hydrogen-bond donors (Lipinski definition) is 1. The molecule has 1 aliphatic carbocycles. The minimum atomic E-state index is -1.02. The van der Waals surface area contributed by atoms with Crippen LogP contribution in [0, 0.1) is 0 Å². The highest BCUT2D eigenvalue weighted by Crippen LogP contribution is 2.44. The molecule has 0 aromatic rings. The topological polar surface area (TPSA) is 85.3 Å². The number of aliphatic carboxylic acids is 1. The van der Waals surface area contributed by atoms with E-state index >= 15 is 0 Å². The highest BCUT2D eigenvalue weighted by molar-refractivity contribution is 5.78. The van der Waals surface area contributed by atoms with Crippen LogP contribution < -0.4 is 0 Å². The quantitative estimate of drug-likeness (QED) is 0.790. The van der Waals surface area contributed by atoms with Crippen LogP contribution in [-0.2, 0) is 19.0 Å². The Kier molecular flexibility index (Phi) is 2.90. The molecule has 1 N–H and O–H groups in total. The van der Waals surface area contributed by atoms with Crippen molar-refractivity contribution < 1.29 is 28.9 Å². The van der Waals surface area contributed by atoms with E-state index in [1.54, 1.807) is 0 Å². The van der Waals surface area contributed by atoms with Crippen molar-refractivity contribution in [3.8, 4) is 0 Å².